The molecule has 2 nitrogen and oxygen atoms in total. The van der Waals surface area contributed by atoms with Crippen molar-refractivity contribution in [3.05, 3.63) is 115 Å². The van der Waals surface area contributed by atoms with Crippen LogP contribution in [0.5, 0.6) is 0 Å². The molecule has 0 N–H and O–H groups in total. The topological polar surface area (TPSA) is 25.8 Å². The van der Waals surface area contributed by atoms with E-state index in [1.807, 2.05) is 62.5 Å². The van der Waals surface area contributed by atoms with E-state index in [-0.39, 0.29) is 20.1 Å². The van der Waals surface area contributed by atoms with Crippen molar-refractivity contribution in [2.45, 2.75) is 46.3 Å². The summed E-state index contributed by atoms with van der Waals surface area (Å²) in [4.78, 5) is 9.08. The number of aromatic nitrogens is 2. The van der Waals surface area contributed by atoms with Gasteiger partial charge in [0.25, 0.3) is 0 Å². The predicted molar refractivity (Wildman–Crippen MR) is 172 cm³/mol. The van der Waals surface area contributed by atoms with Crippen LogP contribution < -0.4 is 5.19 Å². The van der Waals surface area contributed by atoms with Gasteiger partial charge in [-0.2, -0.15) is 11.3 Å². The summed E-state index contributed by atoms with van der Waals surface area (Å²) in [5, 5.41) is 3.94. The van der Waals surface area contributed by atoms with Crippen molar-refractivity contribution >= 4 is 44.8 Å². The molecule has 0 saturated carbocycles. The Labute approximate surface area is 258 Å². The van der Waals surface area contributed by atoms with E-state index in [0.29, 0.717) is 0 Å². The SMILES string of the molecule is C[Si](C)(C)c1ccc(-c2[c-]cccc2)nc1.[2H]C(C)(C)c1ccnc(-c2[c-]ccc3c2sc2c(C)cccc23)c1.[Ir]. The smallest absolute Gasteiger partial charge is 0.0795 e. The van der Waals surface area contributed by atoms with Gasteiger partial charge in [0.1, 0.15) is 0 Å². The molecule has 205 valence electrons. The number of benzene rings is 3. The van der Waals surface area contributed by atoms with Crippen molar-refractivity contribution in [2.24, 2.45) is 0 Å². The minimum Gasteiger partial charge on any atom is -0.305 e. The molecule has 6 rings (SSSR count). The fourth-order valence-electron chi connectivity index (χ4n) is 4.52. The standard InChI is InChI=1S/C21H18NS.C14H16NSi.Ir/c1-13(2)15-10-11-22-19(12-15)18-9-5-8-17-16-7-4-6-14(3)20(16)23-21(17)18;1-16(2,3)13-9-10-14(15-11-13)12-7-5-4-6-8-12;/h4-8,10-13H,1-3H3;4-7,9-11H,1-3H3;/q2*-1;/i13D;;. The summed E-state index contributed by atoms with van der Waals surface area (Å²) in [6, 6.07) is 33.3. The quantitative estimate of drug-likeness (QED) is 0.133. The zero-order chi connectivity index (χ0) is 28.5. The first-order valence-corrected chi connectivity index (χ1v) is 17.6. The second-order valence-corrected chi connectivity index (χ2v) is 17.1. The van der Waals surface area contributed by atoms with Gasteiger partial charge in [0.05, 0.1) is 8.07 Å². The summed E-state index contributed by atoms with van der Waals surface area (Å²) in [6.45, 7) is 13.0. The molecular weight excluding hydrogens is 701 g/mol. The van der Waals surface area contributed by atoms with Gasteiger partial charge in [-0.1, -0.05) is 80.8 Å². The average molecular weight is 736 g/mol. The van der Waals surface area contributed by atoms with Crippen LogP contribution in [0, 0.1) is 19.1 Å². The van der Waals surface area contributed by atoms with Crippen LogP contribution >= 0.6 is 11.3 Å². The first kappa shape index (κ1) is 28.6. The summed E-state index contributed by atoms with van der Waals surface area (Å²) in [6.07, 6.45) is 3.81. The molecule has 0 saturated heterocycles. The van der Waals surface area contributed by atoms with Crippen LogP contribution in [0.15, 0.2) is 91.3 Å². The number of nitrogens with zero attached hydrogens (tertiary/aromatic N) is 2. The maximum atomic E-state index is 8.28. The van der Waals surface area contributed by atoms with Crippen LogP contribution in [0.2, 0.25) is 19.6 Å². The Morgan fingerprint density at radius 1 is 0.825 bits per heavy atom. The van der Waals surface area contributed by atoms with Crippen molar-refractivity contribution in [3.8, 4) is 22.5 Å². The molecule has 5 heteroatoms. The van der Waals surface area contributed by atoms with E-state index in [1.165, 1.54) is 30.9 Å². The fraction of sp³-hybridized carbons (Fsp3) is 0.200. The normalized spacial score (nSPS) is 11.9. The van der Waals surface area contributed by atoms with Crippen LogP contribution in [0.1, 0.15) is 32.2 Å². The Kier molecular flexibility index (Phi) is 9.07. The van der Waals surface area contributed by atoms with Crippen molar-refractivity contribution in [1.82, 2.24) is 9.97 Å². The third-order valence-corrected chi connectivity index (χ3v) is 10.3. The first-order chi connectivity index (χ1) is 19.0. The molecule has 6 aromatic rings. The van der Waals surface area contributed by atoms with E-state index in [2.05, 4.69) is 85.1 Å². The van der Waals surface area contributed by atoms with Gasteiger partial charge in [0.2, 0.25) is 0 Å². The predicted octanol–water partition coefficient (Wildman–Crippen LogP) is 9.44. The second-order valence-electron chi connectivity index (χ2n) is 11.0. The number of hydrogen-bond donors (Lipinski definition) is 0. The van der Waals surface area contributed by atoms with E-state index in [1.54, 1.807) is 17.5 Å². The van der Waals surface area contributed by atoms with Gasteiger partial charge in [-0.3, -0.25) is 0 Å². The van der Waals surface area contributed by atoms with Crippen LogP contribution in [-0.2, 0) is 20.1 Å². The Balaban J connectivity index is 0.000000200. The van der Waals surface area contributed by atoms with E-state index in [0.717, 1.165) is 28.1 Å². The molecule has 0 aliphatic heterocycles. The Morgan fingerprint density at radius 3 is 2.30 bits per heavy atom. The minimum absolute atomic E-state index is 0. The van der Waals surface area contributed by atoms with Gasteiger partial charge in [0.15, 0.2) is 0 Å². The molecule has 0 fully saturated rings. The van der Waals surface area contributed by atoms with Gasteiger partial charge in [0, 0.05) is 38.6 Å². The van der Waals surface area contributed by atoms with Gasteiger partial charge >= 0.3 is 0 Å². The Bertz CT molecular complexity index is 1770. The fourth-order valence-corrected chi connectivity index (χ4v) is 6.83. The van der Waals surface area contributed by atoms with Crippen LogP contribution in [0.25, 0.3) is 42.7 Å². The van der Waals surface area contributed by atoms with Crippen molar-refractivity contribution < 1.29 is 21.5 Å². The molecule has 3 aromatic carbocycles. The molecule has 0 aliphatic rings. The molecule has 0 aliphatic carbocycles. The minimum atomic E-state index is -1.23. The van der Waals surface area contributed by atoms with E-state index in [9.17, 15) is 0 Å². The largest absolute Gasteiger partial charge is 0.305 e. The number of thiophene rings is 1. The molecule has 3 aromatic heterocycles. The molecule has 0 atom stereocenters. The van der Waals surface area contributed by atoms with Gasteiger partial charge in [-0.05, 0) is 51.1 Å². The van der Waals surface area contributed by atoms with E-state index >= 15 is 0 Å². The van der Waals surface area contributed by atoms with Crippen molar-refractivity contribution in [2.75, 3.05) is 0 Å². The molecule has 3 heterocycles. The number of hydrogen-bond acceptors (Lipinski definition) is 3. The summed E-state index contributed by atoms with van der Waals surface area (Å²) in [7, 11) is -1.23. The Hall–Kier alpha value is -2.95. The van der Waals surface area contributed by atoms with Crippen LogP contribution in [0.4, 0.5) is 0 Å². The average Bonchev–Trinajstić information content (AvgIpc) is 3.34. The van der Waals surface area contributed by atoms with Crippen molar-refractivity contribution in [1.29, 1.82) is 0 Å². The monoisotopic (exact) mass is 736 g/mol. The molecule has 0 bridgehead atoms. The number of fused-ring (bicyclic) bond motifs is 3. The molecular formula is C35H34IrN2SSi-2. The zero-order valence-electron chi connectivity index (χ0n) is 24.8. The Morgan fingerprint density at radius 2 is 1.62 bits per heavy atom. The summed E-state index contributed by atoms with van der Waals surface area (Å²) < 4.78 is 10.8. The van der Waals surface area contributed by atoms with Gasteiger partial charge in [-0.15, -0.1) is 59.7 Å². The zero-order valence-corrected chi connectivity index (χ0v) is 28.0. The maximum Gasteiger partial charge on any atom is 0.0795 e. The van der Waals surface area contributed by atoms with Gasteiger partial charge < -0.3 is 9.97 Å². The third-order valence-electron chi connectivity index (χ3n) is 6.86. The first-order valence-electron chi connectivity index (χ1n) is 13.8. The third kappa shape index (κ3) is 6.50. The van der Waals surface area contributed by atoms with E-state index < -0.39 is 14.0 Å². The molecule has 0 unspecified atom stereocenters. The molecule has 40 heavy (non-hydrogen) atoms. The summed E-state index contributed by atoms with van der Waals surface area (Å²) >= 11 is 1.80. The molecule has 0 amide bonds. The van der Waals surface area contributed by atoms with Crippen LogP contribution in [-0.4, -0.2) is 18.0 Å². The van der Waals surface area contributed by atoms with E-state index in [4.69, 9.17) is 1.37 Å². The van der Waals surface area contributed by atoms with Crippen LogP contribution in [0.3, 0.4) is 0 Å². The molecule has 1 radical (unpaired) electrons. The van der Waals surface area contributed by atoms with Gasteiger partial charge in [-0.25, -0.2) is 0 Å². The molecule has 0 spiro atoms. The second kappa shape index (κ2) is 12.7. The summed E-state index contributed by atoms with van der Waals surface area (Å²) in [5.41, 5.74) is 6.25. The maximum absolute atomic E-state index is 8.28. The summed E-state index contributed by atoms with van der Waals surface area (Å²) in [5.74, 6) is -0.637. The number of rotatable bonds is 4. The van der Waals surface area contributed by atoms with Crippen molar-refractivity contribution in [3.63, 3.8) is 0 Å². The number of pyridine rings is 2. The number of aryl methyl sites for hydroxylation is 1.